The van der Waals surface area contributed by atoms with Crippen molar-refractivity contribution in [2.24, 2.45) is 5.73 Å². The maximum atomic E-state index is 10.7. The standard InChI is InChI=1S/C7H10N4O3/c8-5(12)3-4(7(13)14)10-6-1-2-9-11-6/h1-2,4H,3H2,(H2,8,12)(H,13,14)(H2,9,10,11)/t4-/m0/s1. The monoisotopic (exact) mass is 198 g/mol. The van der Waals surface area contributed by atoms with E-state index in [2.05, 4.69) is 15.5 Å². The van der Waals surface area contributed by atoms with Gasteiger partial charge in [-0.1, -0.05) is 0 Å². The zero-order chi connectivity index (χ0) is 10.6. The van der Waals surface area contributed by atoms with Gasteiger partial charge in [0.05, 0.1) is 12.6 Å². The minimum absolute atomic E-state index is 0.269. The second-order valence-corrected chi connectivity index (χ2v) is 2.68. The Morgan fingerprint density at radius 3 is 2.86 bits per heavy atom. The Labute approximate surface area is 79.3 Å². The molecule has 0 saturated carbocycles. The highest BCUT2D eigenvalue weighted by Gasteiger charge is 2.19. The number of carboxylic acids is 1. The summed E-state index contributed by atoms with van der Waals surface area (Å²) in [5.41, 5.74) is 4.89. The van der Waals surface area contributed by atoms with Crippen LogP contribution in [0.1, 0.15) is 6.42 Å². The summed E-state index contributed by atoms with van der Waals surface area (Å²) in [6.45, 7) is 0. The van der Waals surface area contributed by atoms with Crippen LogP contribution in [0.3, 0.4) is 0 Å². The molecule has 1 amide bonds. The number of rotatable bonds is 5. The summed E-state index contributed by atoms with van der Waals surface area (Å²) in [6.07, 6.45) is 1.19. The Hall–Kier alpha value is -2.05. The molecule has 0 aromatic carbocycles. The van der Waals surface area contributed by atoms with Gasteiger partial charge in [-0.15, -0.1) is 0 Å². The molecule has 0 unspecified atom stereocenters. The van der Waals surface area contributed by atoms with Crippen LogP contribution in [0, 0.1) is 0 Å². The Balaban J connectivity index is 2.60. The van der Waals surface area contributed by atoms with Crippen molar-refractivity contribution in [2.45, 2.75) is 12.5 Å². The number of aromatic nitrogens is 2. The molecule has 1 heterocycles. The van der Waals surface area contributed by atoms with Crippen molar-refractivity contribution in [1.29, 1.82) is 0 Å². The summed E-state index contributed by atoms with van der Waals surface area (Å²) in [6, 6.07) is 0.518. The van der Waals surface area contributed by atoms with E-state index < -0.39 is 17.9 Å². The van der Waals surface area contributed by atoms with E-state index >= 15 is 0 Å². The second-order valence-electron chi connectivity index (χ2n) is 2.68. The molecule has 0 spiro atoms. The molecule has 0 aliphatic heterocycles. The number of amides is 1. The summed E-state index contributed by atoms with van der Waals surface area (Å²) in [5.74, 6) is -1.39. The third kappa shape index (κ3) is 2.77. The molecule has 1 atom stereocenters. The van der Waals surface area contributed by atoms with Crippen LogP contribution >= 0.6 is 0 Å². The normalized spacial score (nSPS) is 12.0. The molecule has 0 aliphatic carbocycles. The molecule has 0 radical (unpaired) electrons. The van der Waals surface area contributed by atoms with E-state index in [1.807, 2.05) is 0 Å². The van der Waals surface area contributed by atoms with Gasteiger partial charge in [0.2, 0.25) is 5.91 Å². The number of H-pyrrole nitrogens is 1. The van der Waals surface area contributed by atoms with Gasteiger partial charge in [0.1, 0.15) is 11.9 Å². The third-order valence-corrected chi connectivity index (χ3v) is 1.53. The first kappa shape index (κ1) is 10.0. The van der Waals surface area contributed by atoms with Gasteiger partial charge in [-0.2, -0.15) is 5.10 Å². The summed E-state index contributed by atoms with van der Waals surface area (Å²) < 4.78 is 0. The highest BCUT2D eigenvalue weighted by Crippen LogP contribution is 2.04. The fraction of sp³-hybridized carbons (Fsp3) is 0.286. The van der Waals surface area contributed by atoms with Gasteiger partial charge in [0.15, 0.2) is 0 Å². The van der Waals surface area contributed by atoms with Crippen molar-refractivity contribution < 1.29 is 14.7 Å². The number of carboxylic acid groups (broad SMARTS) is 1. The predicted octanol–water partition coefficient (Wildman–Crippen LogP) is -0.850. The molecule has 7 heteroatoms. The van der Waals surface area contributed by atoms with Crippen molar-refractivity contribution in [1.82, 2.24) is 10.2 Å². The third-order valence-electron chi connectivity index (χ3n) is 1.53. The second kappa shape index (κ2) is 4.26. The Morgan fingerprint density at radius 1 is 1.71 bits per heavy atom. The van der Waals surface area contributed by atoms with Gasteiger partial charge < -0.3 is 16.2 Å². The van der Waals surface area contributed by atoms with Crippen molar-refractivity contribution in [3.05, 3.63) is 12.3 Å². The summed E-state index contributed by atoms with van der Waals surface area (Å²) >= 11 is 0. The summed E-state index contributed by atoms with van der Waals surface area (Å²) in [7, 11) is 0. The molecular formula is C7H10N4O3. The molecule has 7 nitrogen and oxygen atoms in total. The smallest absolute Gasteiger partial charge is 0.326 e. The van der Waals surface area contributed by atoms with Crippen molar-refractivity contribution in [2.75, 3.05) is 5.32 Å². The first-order chi connectivity index (χ1) is 6.59. The van der Waals surface area contributed by atoms with Gasteiger partial charge in [-0.25, -0.2) is 4.79 Å². The number of hydrogen-bond donors (Lipinski definition) is 4. The number of carbonyl (C=O) groups is 2. The molecule has 0 bridgehead atoms. The zero-order valence-corrected chi connectivity index (χ0v) is 7.23. The van der Waals surface area contributed by atoms with E-state index in [0.717, 1.165) is 0 Å². The van der Waals surface area contributed by atoms with Gasteiger partial charge in [-0.3, -0.25) is 9.89 Å². The van der Waals surface area contributed by atoms with E-state index in [1.54, 1.807) is 6.07 Å². The lowest BCUT2D eigenvalue weighted by Crippen LogP contribution is -2.34. The Kier molecular flexibility index (Phi) is 3.05. The SMILES string of the molecule is NC(=O)C[C@H](Nc1ccn[nH]1)C(=O)O. The van der Waals surface area contributed by atoms with Crippen molar-refractivity contribution in [3.63, 3.8) is 0 Å². The minimum Gasteiger partial charge on any atom is -0.480 e. The highest BCUT2D eigenvalue weighted by molar-refractivity contribution is 5.85. The van der Waals surface area contributed by atoms with Gasteiger partial charge >= 0.3 is 5.97 Å². The van der Waals surface area contributed by atoms with E-state index in [-0.39, 0.29) is 6.42 Å². The number of nitrogens with one attached hydrogen (secondary N) is 2. The highest BCUT2D eigenvalue weighted by atomic mass is 16.4. The number of hydrogen-bond acceptors (Lipinski definition) is 4. The average molecular weight is 198 g/mol. The number of aromatic amines is 1. The topological polar surface area (TPSA) is 121 Å². The van der Waals surface area contributed by atoms with E-state index in [4.69, 9.17) is 10.8 Å². The van der Waals surface area contributed by atoms with E-state index in [9.17, 15) is 9.59 Å². The molecular weight excluding hydrogens is 188 g/mol. The molecule has 1 rings (SSSR count). The number of carbonyl (C=O) groups excluding carboxylic acids is 1. The van der Waals surface area contributed by atoms with Crippen LogP contribution in [0.25, 0.3) is 0 Å². The van der Waals surface area contributed by atoms with Crippen LogP contribution in [0.4, 0.5) is 5.82 Å². The zero-order valence-electron chi connectivity index (χ0n) is 7.23. The van der Waals surface area contributed by atoms with Crippen LogP contribution < -0.4 is 11.1 Å². The first-order valence-corrected chi connectivity index (χ1v) is 3.86. The van der Waals surface area contributed by atoms with Gasteiger partial charge in [0, 0.05) is 0 Å². The Morgan fingerprint density at radius 2 is 2.43 bits per heavy atom. The van der Waals surface area contributed by atoms with E-state index in [1.165, 1.54) is 6.20 Å². The molecule has 14 heavy (non-hydrogen) atoms. The Bertz CT molecular complexity index is 322. The van der Waals surface area contributed by atoms with E-state index in [0.29, 0.717) is 5.82 Å². The molecule has 0 fully saturated rings. The average Bonchev–Trinajstić information content (AvgIpc) is 2.54. The lowest BCUT2D eigenvalue weighted by molar-refractivity contribution is -0.139. The molecule has 0 saturated heterocycles. The molecule has 0 aliphatic rings. The van der Waals surface area contributed by atoms with Crippen LogP contribution in [0.15, 0.2) is 12.3 Å². The van der Waals surface area contributed by atoms with Gasteiger partial charge in [-0.05, 0) is 6.07 Å². The molecule has 76 valence electrons. The molecule has 1 aromatic heterocycles. The predicted molar refractivity (Wildman–Crippen MR) is 47.4 cm³/mol. The van der Waals surface area contributed by atoms with Crippen molar-refractivity contribution >= 4 is 17.7 Å². The lowest BCUT2D eigenvalue weighted by Gasteiger charge is -2.11. The van der Waals surface area contributed by atoms with Gasteiger partial charge in [0.25, 0.3) is 0 Å². The summed E-state index contributed by atoms with van der Waals surface area (Å²) in [5, 5.41) is 17.4. The van der Waals surface area contributed by atoms with Crippen LogP contribution in [-0.4, -0.2) is 33.2 Å². The summed E-state index contributed by atoms with van der Waals surface area (Å²) in [4.78, 5) is 21.2. The number of nitrogens with two attached hydrogens (primary N) is 1. The van der Waals surface area contributed by atoms with Crippen molar-refractivity contribution in [3.8, 4) is 0 Å². The minimum atomic E-state index is -1.14. The van der Waals surface area contributed by atoms with Crippen LogP contribution in [0.2, 0.25) is 0 Å². The van der Waals surface area contributed by atoms with Crippen LogP contribution in [0.5, 0.6) is 0 Å². The van der Waals surface area contributed by atoms with Crippen LogP contribution in [-0.2, 0) is 9.59 Å². The fourth-order valence-corrected chi connectivity index (χ4v) is 0.925. The largest absolute Gasteiger partial charge is 0.480 e. The number of primary amides is 1. The number of aliphatic carboxylic acids is 1. The maximum Gasteiger partial charge on any atom is 0.326 e. The lowest BCUT2D eigenvalue weighted by atomic mass is 10.2. The number of anilines is 1. The first-order valence-electron chi connectivity index (χ1n) is 3.86. The molecule has 5 N–H and O–H groups in total. The number of nitrogens with zero attached hydrogens (tertiary/aromatic N) is 1. The maximum absolute atomic E-state index is 10.7. The fourth-order valence-electron chi connectivity index (χ4n) is 0.925. The molecule has 1 aromatic rings. The quantitative estimate of drug-likeness (QED) is 0.491.